The maximum absolute atomic E-state index is 13.1. The van der Waals surface area contributed by atoms with Gasteiger partial charge in [0.1, 0.15) is 5.69 Å². The van der Waals surface area contributed by atoms with E-state index in [2.05, 4.69) is 17.4 Å². The number of carbonyl (C=O) groups excluding carboxylic acids is 2. The predicted molar refractivity (Wildman–Crippen MR) is 113 cm³/mol. The first-order chi connectivity index (χ1) is 14.1. The Balaban J connectivity index is 1.54. The van der Waals surface area contributed by atoms with Crippen LogP contribution in [0.1, 0.15) is 40.9 Å². The number of fused-ring (bicyclic) bond motifs is 1. The highest BCUT2D eigenvalue weighted by molar-refractivity contribution is 5.96. The smallest absolute Gasteiger partial charge is 0.354 e. The molecule has 4 rings (SSSR count). The molecule has 1 aromatic heterocycles. The lowest BCUT2D eigenvalue weighted by Crippen LogP contribution is -2.35. The topological polar surface area (TPSA) is 60.3 Å². The molecule has 1 aliphatic heterocycles. The Morgan fingerprint density at radius 2 is 1.93 bits per heavy atom. The van der Waals surface area contributed by atoms with E-state index < -0.39 is 0 Å². The summed E-state index contributed by atoms with van der Waals surface area (Å²) in [5.74, 6) is 0.0986. The van der Waals surface area contributed by atoms with Crippen LogP contribution in [0.2, 0.25) is 0 Å². The minimum Gasteiger partial charge on any atom is -0.461 e. The van der Waals surface area contributed by atoms with Gasteiger partial charge in [-0.3, -0.25) is 4.79 Å². The van der Waals surface area contributed by atoms with E-state index in [0.717, 1.165) is 29.4 Å². The van der Waals surface area contributed by atoms with Crippen molar-refractivity contribution in [2.75, 3.05) is 13.2 Å². The van der Waals surface area contributed by atoms with Crippen LogP contribution in [0.3, 0.4) is 0 Å². The number of Topliss-reactive ketones (excluding diaryl/α,β-unsaturated/α-hetero) is 1. The second-order valence-electron chi connectivity index (χ2n) is 7.58. The number of nitrogens with zero attached hydrogens (tertiary/aromatic N) is 1. The maximum Gasteiger partial charge on any atom is 0.354 e. The summed E-state index contributed by atoms with van der Waals surface area (Å²) in [4.78, 5) is 25.2. The van der Waals surface area contributed by atoms with Crippen LogP contribution in [-0.2, 0) is 23.0 Å². The molecular weight excluding hydrogens is 364 g/mol. The molecule has 1 fully saturated rings. The number of aromatic nitrogens is 1. The standard InChI is InChI=1S/C24H26N2O3/c1-3-29-24(28)21-15-18-13-16(9-10-20(18)26(21)2)14-22(27)23-19(11-12-25-23)17-7-5-4-6-8-17/h4-10,13,15,19,23,25H,3,11-12,14H2,1-2H3/t19-,23+/m1/s1. The van der Waals surface area contributed by atoms with Crippen molar-refractivity contribution in [2.45, 2.75) is 31.7 Å². The Hall–Kier alpha value is -2.92. The summed E-state index contributed by atoms with van der Waals surface area (Å²) in [5.41, 5.74) is 3.65. The number of hydrogen-bond donors (Lipinski definition) is 1. The molecule has 5 heteroatoms. The van der Waals surface area contributed by atoms with E-state index in [-0.39, 0.29) is 23.7 Å². The van der Waals surface area contributed by atoms with Crippen molar-refractivity contribution in [3.8, 4) is 0 Å². The maximum atomic E-state index is 13.1. The summed E-state index contributed by atoms with van der Waals surface area (Å²) in [6.45, 7) is 3.00. The first kappa shape index (κ1) is 19.4. The Morgan fingerprint density at radius 1 is 1.14 bits per heavy atom. The molecule has 2 atom stereocenters. The second kappa shape index (κ2) is 8.21. The van der Waals surface area contributed by atoms with Crippen LogP contribution < -0.4 is 5.32 Å². The third kappa shape index (κ3) is 3.83. The minimum atomic E-state index is -0.329. The van der Waals surface area contributed by atoms with Gasteiger partial charge in [0, 0.05) is 30.3 Å². The van der Waals surface area contributed by atoms with E-state index in [0.29, 0.717) is 18.7 Å². The molecule has 2 heterocycles. The van der Waals surface area contributed by atoms with Gasteiger partial charge in [-0.05, 0) is 49.2 Å². The van der Waals surface area contributed by atoms with Crippen molar-refractivity contribution in [3.63, 3.8) is 0 Å². The summed E-state index contributed by atoms with van der Waals surface area (Å²) in [7, 11) is 1.85. The highest BCUT2D eigenvalue weighted by Crippen LogP contribution is 2.29. The number of carbonyl (C=O) groups is 2. The highest BCUT2D eigenvalue weighted by atomic mass is 16.5. The molecule has 0 unspecified atom stereocenters. The molecule has 0 aliphatic carbocycles. The molecule has 1 aliphatic rings. The highest BCUT2D eigenvalue weighted by Gasteiger charge is 2.33. The van der Waals surface area contributed by atoms with Gasteiger partial charge < -0.3 is 14.6 Å². The van der Waals surface area contributed by atoms with Crippen LogP contribution in [0.5, 0.6) is 0 Å². The SMILES string of the molecule is CCOC(=O)c1cc2cc(CC(=O)[C@H]3NCC[C@@H]3c3ccccc3)ccc2n1C. The van der Waals surface area contributed by atoms with Crippen LogP contribution in [0.15, 0.2) is 54.6 Å². The molecule has 1 N–H and O–H groups in total. The zero-order chi connectivity index (χ0) is 20.4. The Bertz CT molecular complexity index is 1040. The lowest BCUT2D eigenvalue weighted by molar-refractivity contribution is -0.120. The van der Waals surface area contributed by atoms with Gasteiger partial charge in [0.2, 0.25) is 0 Å². The van der Waals surface area contributed by atoms with Crippen LogP contribution in [-0.4, -0.2) is 35.5 Å². The van der Waals surface area contributed by atoms with Gasteiger partial charge >= 0.3 is 5.97 Å². The zero-order valence-electron chi connectivity index (χ0n) is 16.9. The summed E-state index contributed by atoms with van der Waals surface area (Å²) in [5, 5.41) is 4.33. The first-order valence-corrected chi connectivity index (χ1v) is 10.1. The summed E-state index contributed by atoms with van der Waals surface area (Å²) < 4.78 is 6.97. The third-order valence-electron chi connectivity index (χ3n) is 5.77. The van der Waals surface area contributed by atoms with Crippen LogP contribution in [0, 0.1) is 0 Å². The summed E-state index contributed by atoms with van der Waals surface area (Å²) in [6, 6.07) is 17.9. The molecule has 150 valence electrons. The van der Waals surface area contributed by atoms with Gasteiger partial charge in [-0.1, -0.05) is 36.4 Å². The van der Waals surface area contributed by atoms with Crippen molar-refractivity contribution >= 4 is 22.7 Å². The van der Waals surface area contributed by atoms with Crippen molar-refractivity contribution in [1.82, 2.24) is 9.88 Å². The fourth-order valence-corrected chi connectivity index (χ4v) is 4.32. The monoisotopic (exact) mass is 390 g/mol. The molecule has 0 radical (unpaired) electrons. The van der Waals surface area contributed by atoms with Crippen LogP contribution in [0.25, 0.3) is 10.9 Å². The molecule has 1 saturated heterocycles. The lowest BCUT2D eigenvalue weighted by atomic mass is 9.88. The number of ether oxygens (including phenoxy) is 1. The molecular formula is C24H26N2O3. The van der Waals surface area contributed by atoms with Crippen LogP contribution >= 0.6 is 0 Å². The predicted octanol–water partition coefficient (Wildman–Crippen LogP) is 3.61. The summed E-state index contributed by atoms with van der Waals surface area (Å²) in [6.07, 6.45) is 1.35. The third-order valence-corrected chi connectivity index (χ3v) is 5.77. The van der Waals surface area contributed by atoms with Crippen LogP contribution in [0.4, 0.5) is 0 Å². The van der Waals surface area contributed by atoms with Crippen molar-refractivity contribution in [2.24, 2.45) is 7.05 Å². The molecule has 3 aromatic rings. The van der Waals surface area contributed by atoms with Gasteiger partial charge in [-0.2, -0.15) is 0 Å². The molecule has 0 spiro atoms. The molecule has 2 aromatic carbocycles. The molecule has 29 heavy (non-hydrogen) atoms. The molecule has 0 saturated carbocycles. The molecule has 0 amide bonds. The minimum absolute atomic E-state index is 0.154. The van der Waals surface area contributed by atoms with Gasteiger partial charge in [0.15, 0.2) is 5.78 Å². The number of esters is 1. The number of rotatable bonds is 6. The Kier molecular flexibility index (Phi) is 5.49. The first-order valence-electron chi connectivity index (χ1n) is 10.1. The van der Waals surface area contributed by atoms with E-state index >= 15 is 0 Å². The van der Waals surface area contributed by atoms with Gasteiger partial charge in [-0.15, -0.1) is 0 Å². The number of nitrogens with one attached hydrogen (secondary N) is 1. The van der Waals surface area contributed by atoms with Gasteiger partial charge in [0.05, 0.1) is 12.6 Å². The second-order valence-corrected chi connectivity index (χ2v) is 7.58. The summed E-state index contributed by atoms with van der Waals surface area (Å²) >= 11 is 0. The van der Waals surface area contributed by atoms with E-state index in [4.69, 9.17) is 4.74 Å². The van der Waals surface area contributed by atoms with E-state index in [1.54, 1.807) is 6.92 Å². The normalized spacial score (nSPS) is 18.8. The van der Waals surface area contributed by atoms with Crippen molar-refractivity contribution < 1.29 is 14.3 Å². The van der Waals surface area contributed by atoms with E-state index in [1.807, 2.05) is 54.1 Å². The quantitative estimate of drug-likeness (QED) is 0.653. The number of ketones is 1. The van der Waals surface area contributed by atoms with Crippen molar-refractivity contribution in [1.29, 1.82) is 0 Å². The number of benzene rings is 2. The average Bonchev–Trinajstić information content (AvgIpc) is 3.34. The van der Waals surface area contributed by atoms with Gasteiger partial charge in [-0.25, -0.2) is 4.79 Å². The number of aryl methyl sites for hydroxylation is 1. The largest absolute Gasteiger partial charge is 0.461 e. The van der Waals surface area contributed by atoms with Crippen molar-refractivity contribution in [3.05, 3.63) is 71.4 Å². The number of hydrogen-bond acceptors (Lipinski definition) is 4. The Morgan fingerprint density at radius 3 is 2.69 bits per heavy atom. The molecule has 0 bridgehead atoms. The fourth-order valence-electron chi connectivity index (χ4n) is 4.32. The Labute approximate surface area is 170 Å². The molecule has 5 nitrogen and oxygen atoms in total. The van der Waals surface area contributed by atoms with E-state index in [9.17, 15) is 9.59 Å². The zero-order valence-corrected chi connectivity index (χ0v) is 16.9. The van der Waals surface area contributed by atoms with Gasteiger partial charge in [0.25, 0.3) is 0 Å². The lowest BCUT2D eigenvalue weighted by Gasteiger charge is -2.19. The average molecular weight is 390 g/mol. The fraction of sp³-hybridized carbons (Fsp3) is 0.333. The van der Waals surface area contributed by atoms with E-state index in [1.165, 1.54) is 5.56 Å².